The van der Waals surface area contributed by atoms with Crippen LogP contribution < -0.4 is 5.32 Å². The average Bonchev–Trinajstić information content (AvgIpc) is 2.84. The van der Waals surface area contributed by atoms with Gasteiger partial charge in [0.25, 0.3) is 0 Å². The van der Waals surface area contributed by atoms with E-state index in [0.29, 0.717) is 18.5 Å². The van der Waals surface area contributed by atoms with Crippen LogP contribution in [0.2, 0.25) is 0 Å². The van der Waals surface area contributed by atoms with Crippen molar-refractivity contribution in [3.63, 3.8) is 0 Å². The quantitative estimate of drug-likeness (QED) is 0.839. The third-order valence-electron chi connectivity index (χ3n) is 1.97. The normalized spacial score (nSPS) is 10.5. The molecule has 1 N–H and O–H groups in total. The van der Waals surface area contributed by atoms with Crippen molar-refractivity contribution in [1.82, 2.24) is 10.2 Å². The van der Waals surface area contributed by atoms with Gasteiger partial charge >= 0.3 is 6.01 Å². The van der Waals surface area contributed by atoms with Gasteiger partial charge < -0.3 is 9.73 Å². The molecule has 2 rings (SSSR count). The Morgan fingerprint density at radius 3 is 2.93 bits per heavy atom. The summed E-state index contributed by atoms with van der Waals surface area (Å²) in [7, 11) is 0. The number of anilines is 1. The predicted octanol–water partition coefficient (Wildman–Crippen LogP) is 2.79. The number of hydrogen-bond acceptors (Lipinski definition) is 5. The second kappa shape index (κ2) is 4.63. The predicted molar refractivity (Wildman–Crippen MR) is 60.2 cm³/mol. The van der Waals surface area contributed by atoms with E-state index < -0.39 is 0 Å². The van der Waals surface area contributed by atoms with Gasteiger partial charge in [-0.15, -0.1) is 16.7 Å². The molecule has 0 amide bonds. The van der Waals surface area contributed by atoms with Crippen molar-refractivity contribution in [2.24, 2.45) is 0 Å². The molecule has 0 aliphatic heterocycles. The molecule has 0 spiro atoms. The minimum atomic E-state index is 0.242. The van der Waals surface area contributed by atoms with Gasteiger partial charge in [0, 0.05) is 6.54 Å². The van der Waals surface area contributed by atoms with Crippen LogP contribution in [0, 0.1) is 6.92 Å². The number of alkyl halides is 1. The van der Waals surface area contributed by atoms with Crippen LogP contribution in [0.1, 0.15) is 17.0 Å². The zero-order valence-electron chi connectivity index (χ0n) is 8.16. The second-order valence-electron chi connectivity index (χ2n) is 3.07. The molecule has 0 saturated heterocycles. The van der Waals surface area contributed by atoms with E-state index in [4.69, 9.17) is 16.0 Å². The number of aromatic nitrogens is 2. The Labute approximate surface area is 96.3 Å². The minimum Gasteiger partial charge on any atom is -0.407 e. The van der Waals surface area contributed by atoms with Crippen LogP contribution in [0.5, 0.6) is 0 Å². The lowest BCUT2D eigenvalue weighted by Crippen LogP contribution is -1.99. The molecule has 0 unspecified atom stereocenters. The third kappa shape index (κ3) is 2.49. The largest absolute Gasteiger partial charge is 0.407 e. The third-order valence-corrected chi connectivity index (χ3v) is 3.11. The van der Waals surface area contributed by atoms with E-state index in [9.17, 15) is 0 Å². The summed E-state index contributed by atoms with van der Waals surface area (Å²) in [5.74, 6) is 0.674. The van der Waals surface area contributed by atoms with Crippen molar-refractivity contribution in [2.45, 2.75) is 19.3 Å². The fraction of sp³-hybridized carbons (Fsp3) is 0.333. The molecule has 6 heteroatoms. The monoisotopic (exact) mass is 243 g/mol. The van der Waals surface area contributed by atoms with Gasteiger partial charge in [-0.3, -0.25) is 0 Å². The molecule has 2 aromatic heterocycles. The average molecular weight is 244 g/mol. The second-order valence-corrected chi connectivity index (χ2v) is 4.08. The van der Waals surface area contributed by atoms with E-state index in [2.05, 4.69) is 33.2 Å². The van der Waals surface area contributed by atoms with E-state index in [1.165, 1.54) is 11.1 Å². The molecule has 0 fully saturated rings. The molecule has 15 heavy (non-hydrogen) atoms. The molecule has 0 aliphatic rings. The van der Waals surface area contributed by atoms with Gasteiger partial charge in [0.15, 0.2) is 0 Å². The Hall–Kier alpha value is -1.07. The topological polar surface area (TPSA) is 51.0 Å². The fourth-order valence-electron chi connectivity index (χ4n) is 1.12. The van der Waals surface area contributed by atoms with Crippen molar-refractivity contribution in [3.05, 3.63) is 27.8 Å². The minimum absolute atomic E-state index is 0.242. The van der Waals surface area contributed by atoms with E-state index in [1.54, 1.807) is 11.3 Å². The lowest BCUT2D eigenvalue weighted by atomic mass is 10.2. The summed E-state index contributed by atoms with van der Waals surface area (Å²) in [6.07, 6.45) is 0. The first kappa shape index (κ1) is 10.4. The number of nitrogens with one attached hydrogen (secondary N) is 1. The molecular formula is C9H10ClN3OS. The highest BCUT2D eigenvalue weighted by atomic mass is 35.5. The molecule has 0 saturated carbocycles. The summed E-state index contributed by atoms with van der Waals surface area (Å²) >= 11 is 7.23. The number of halogens is 1. The molecule has 0 bridgehead atoms. The molecule has 4 nitrogen and oxygen atoms in total. The lowest BCUT2D eigenvalue weighted by Gasteiger charge is -1.99. The molecule has 2 heterocycles. The smallest absolute Gasteiger partial charge is 0.315 e. The van der Waals surface area contributed by atoms with Crippen molar-refractivity contribution in [1.29, 1.82) is 0 Å². The fourth-order valence-corrected chi connectivity index (χ4v) is 2.08. The standard InChI is InChI=1S/C9H10ClN3OS/c1-6-4-15-5-7(6)3-11-9-13-12-8(2-10)14-9/h4-5H,2-3H2,1H3,(H,11,13). The van der Waals surface area contributed by atoms with Gasteiger partial charge in [0.2, 0.25) is 5.89 Å². The van der Waals surface area contributed by atoms with Crippen LogP contribution in [-0.2, 0) is 12.4 Å². The zero-order chi connectivity index (χ0) is 10.7. The van der Waals surface area contributed by atoms with Crippen LogP contribution in [0.3, 0.4) is 0 Å². The first-order valence-corrected chi connectivity index (χ1v) is 5.91. The summed E-state index contributed by atoms with van der Waals surface area (Å²) in [6, 6.07) is 0.413. The molecule has 2 aromatic rings. The van der Waals surface area contributed by atoms with Crippen molar-refractivity contribution in [3.8, 4) is 0 Å². The number of thiophene rings is 1. The highest BCUT2D eigenvalue weighted by Gasteiger charge is 2.05. The summed E-state index contributed by atoms with van der Waals surface area (Å²) in [4.78, 5) is 0. The van der Waals surface area contributed by atoms with E-state index in [-0.39, 0.29) is 5.88 Å². The van der Waals surface area contributed by atoms with Crippen LogP contribution in [0.15, 0.2) is 15.2 Å². The number of nitrogens with zero attached hydrogens (tertiary/aromatic N) is 2. The summed E-state index contributed by atoms with van der Waals surface area (Å²) in [6.45, 7) is 2.77. The Kier molecular flexibility index (Phi) is 3.23. The van der Waals surface area contributed by atoms with Gasteiger partial charge in [-0.2, -0.15) is 11.3 Å². The molecular weight excluding hydrogens is 234 g/mol. The van der Waals surface area contributed by atoms with E-state index in [1.807, 2.05) is 0 Å². The molecule has 80 valence electrons. The van der Waals surface area contributed by atoms with Gasteiger partial charge in [-0.1, -0.05) is 5.10 Å². The first-order chi connectivity index (χ1) is 7.29. The van der Waals surface area contributed by atoms with Gasteiger partial charge in [-0.05, 0) is 28.8 Å². The van der Waals surface area contributed by atoms with Crippen LogP contribution in [-0.4, -0.2) is 10.2 Å². The van der Waals surface area contributed by atoms with Crippen LogP contribution in [0.25, 0.3) is 0 Å². The van der Waals surface area contributed by atoms with Crippen molar-refractivity contribution < 1.29 is 4.42 Å². The Balaban J connectivity index is 1.96. The number of hydrogen-bond donors (Lipinski definition) is 1. The Morgan fingerprint density at radius 1 is 1.47 bits per heavy atom. The maximum Gasteiger partial charge on any atom is 0.315 e. The Morgan fingerprint density at radius 2 is 2.33 bits per heavy atom. The molecule has 0 aromatic carbocycles. The first-order valence-electron chi connectivity index (χ1n) is 4.43. The zero-order valence-corrected chi connectivity index (χ0v) is 9.73. The lowest BCUT2D eigenvalue weighted by molar-refractivity contribution is 0.525. The van der Waals surface area contributed by atoms with Gasteiger partial charge in [0.05, 0.1) is 0 Å². The maximum atomic E-state index is 5.54. The highest BCUT2D eigenvalue weighted by molar-refractivity contribution is 7.08. The number of aryl methyl sites for hydroxylation is 1. The van der Waals surface area contributed by atoms with Gasteiger partial charge in [0.1, 0.15) is 5.88 Å². The highest BCUT2D eigenvalue weighted by Crippen LogP contribution is 2.15. The van der Waals surface area contributed by atoms with E-state index in [0.717, 1.165) is 0 Å². The van der Waals surface area contributed by atoms with Crippen LogP contribution in [0.4, 0.5) is 6.01 Å². The molecule has 0 atom stereocenters. The SMILES string of the molecule is Cc1cscc1CNc1nnc(CCl)o1. The van der Waals surface area contributed by atoms with Crippen LogP contribution >= 0.6 is 22.9 Å². The summed E-state index contributed by atoms with van der Waals surface area (Å²) in [5, 5.41) is 14.8. The summed E-state index contributed by atoms with van der Waals surface area (Å²) < 4.78 is 5.21. The maximum absolute atomic E-state index is 5.54. The Bertz CT molecular complexity index is 440. The summed E-state index contributed by atoms with van der Waals surface area (Å²) in [5.41, 5.74) is 2.51. The number of rotatable bonds is 4. The van der Waals surface area contributed by atoms with Crippen molar-refractivity contribution in [2.75, 3.05) is 5.32 Å². The molecule has 0 radical (unpaired) electrons. The van der Waals surface area contributed by atoms with Gasteiger partial charge in [-0.25, -0.2) is 0 Å². The molecule has 0 aliphatic carbocycles. The van der Waals surface area contributed by atoms with Crippen molar-refractivity contribution >= 4 is 29.0 Å². The van der Waals surface area contributed by atoms with E-state index >= 15 is 0 Å².